The number of hydrogen-bond donors (Lipinski definition) is 1. The molecule has 2 aromatic rings. The van der Waals surface area contributed by atoms with Crippen molar-refractivity contribution in [2.24, 2.45) is 4.99 Å². The van der Waals surface area contributed by atoms with E-state index < -0.39 is 29.0 Å². The molecule has 0 radical (unpaired) electrons. The number of nitrogens with one attached hydrogen (secondary N) is 1. The Morgan fingerprint density at radius 2 is 2.04 bits per heavy atom. The van der Waals surface area contributed by atoms with Gasteiger partial charge in [-0.25, -0.2) is 4.98 Å². The zero-order valence-electron chi connectivity index (χ0n) is 12.2. The van der Waals surface area contributed by atoms with Gasteiger partial charge in [-0.2, -0.15) is 0 Å². The Balaban J connectivity index is 2.00. The summed E-state index contributed by atoms with van der Waals surface area (Å²) in [5.41, 5.74) is 0.598. The Morgan fingerprint density at radius 1 is 1.33 bits per heavy atom. The standard InChI is InChI=1S/C16H12ClN3O4/c17-12-13(15(22)10-4-2-1-3-9(10)14(12)21)20-11(16(23)24)5-8-6-18-7-19-8/h1-4,6-7,11-12H,5H2,(H,18,19)(H,23,24)/p-1/t11-,12?/m0/s1. The number of alkyl halides is 1. The van der Waals surface area contributed by atoms with Crippen molar-refractivity contribution in [2.75, 3.05) is 0 Å². The molecular weight excluding hydrogens is 334 g/mol. The van der Waals surface area contributed by atoms with Crippen molar-refractivity contribution in [1.29, 1.82) is 0 Å². The lowest BCUT2D eigenvalue weighted by atomic mass is 9.87. The zero-order valence-corrected chi connectivity index (χ0v) is 13.0. The number of Topliss-reactive ketones (excluding diaryl/α,β-unsaturated/α-hetero) is 2. The van der Waals surface area contributed by atoms with Crippen LogP contribution in [0.5, 0.6) is 0 Å². The van der Waals surface area contributed by atoms with Crippen molar-refractivity contribution < 1.29 is 19.5 Å². The summed E-state index contributed by atoms with van der Waals surface area (Å²) in [7, 11) is 0. The van der Waals surface area contributed by atoms with E-state index in [2.05, 4.69) is 15.0 Å². The predicted octanol–water partition coefficient (Wildman–Crippen LogP) is 0.198. The molecule has 2 atom stereocenters. The Hall–Kier alpha value is -2.80. The van der Waals surface area contributed by atoms with Crippen LogP contribution in [0.3, 0.4) is 0 Å². The Kier molecular flexibility index (Phi) is 4.26. The molecule has 1 N–H and O–H groups in total. The zero-order chi connectivity index (χ0) is 17.3. The molecular formula is C16H11ClN3O4-. The number of fused-ring (bicyclic) bond motifs is 1. The number of aromatic nitrogens is 2. The van der Waals surface area contributed by atoms with Gasteiger partial charge >= 0.3 is 0 Å². The van der Waals surface area contributed by atoms with Gasteiger partial charge in [-0.3, -0.25) is 14.6 Å². The molecule has 0 saturated heterocycles. The highest BCUT2D eigenvalue weighted by Crippen LogP contribution is 2.24. The van der Waals surface area contributed by atoms with Crippen LogP contribution in [0, 0.1) is 0 Å². The number of halogens is 1. The van der Waals surface area contributed by atoms with Crippen LogP contribution >= 0.6 is 11.6 Å². The number of hydrogen-bond acceptors (Lipinski definition) is 6. The molecule has 122 valence electrons. The van der Waals surface area contributed by atoms with Crippen molar-refractivity contribution in [3.8, 4) is 0 Å². The van der Waals surface area contributed by atoms with Crippen LogP contribution in [0.4, 0.5) is 0 Å². The average molecular weight is 345 g/mol. The topological polar surface area (TPSA) is 115 Å². The normalized spacial score (nSPS) is 20.0. The van der Waals surface area contributed by atoms with Gasteiger partial charge < -0.3 is 14.9 Å². The van der Waals surface area contributed by atoms with Crippen LogP contribution in [-0.4, -0.2) is 44.6 Å². The summed E-state index contributed by atoms with van der Waals surface area (Å²) < 4.78 is 0. The maximum absolute atomic E-state index is 12.5. The molecule has 0 bridgehead atoms. The molecule has 0 amide bonds. The molecule has 7 nitrogen and oxygen atoms in total. The number of imidazole rings is 1. The smallest absolute Gasteiger partial charge is 0.209 e. The lowest BCUT2D eigenvalue weighted by molar-refractivity contribution is -0.307. The van der Waals surface area contributed by atoms with E-state index in [9.17, 15) is 19.5 Å². The molecule has 1 aliphatic carbocycles. The summed E-state index contributed by atoms with van der Waals surface area (Å²) in [4.78, 5) is 46.6. The minimum absolute atomic E-state index is 0.0570. The van der Waals surface area contributed by atoms with E-state index in [0.29, 0.717) is 5.69 Å². The second-order valence-electron chi connectivity index (χ2n) is 5.23. The van der Waals surface area contributed by atoms with E-state index in [1.54, 1.807) is 12.1 Å². The third-order valence-electron chi connectivity index (χ3n) is 3.68. The average Bonchev–Trinajstić information content (AvgIpc) is 3.08. The molecule has 24 heavy (non-hydrogen) atoms. The van der Waals surface area contributed by atoms with Crippen LogP contribution in [0.25, 0.3) is 0 Å². The lowest BCUT2D eigenvalue weighted by Crippen LogP contribution is -2.42. The first-order chi connectivity index (χ1) is 11.5. The summed E-state index contributed by atoms with van der Waals surface area (Å²) in [5.74, 6) is -2.51. The SMILES string of the molecule is O=C1C(=N[C@@H](Cc2cnc[nH]2)C(=O)[O-])C(Cl)C(=O)c2ccccc21. The molecule has 3 rings (SSSR count). The highest BCUT2D eigenvalue weighted by atomic mass is 35.5. The largest absolute Gasteiger partial charge is 0.548 e. The number of nitrogens with zero attached hydrogens (tertiary/aromatic N) is 2. The molecule has 1 aromatic carbocycles. The predicted molar refractivity (Wildman–Crippen MR) is 83.3 cm³/mol. The number of rotatable bonds is 4. The van der Waals surface area contributed by atoms with Gasteiger partial charge in [-0.05, 0) is 0 Å². The Bertz CT molecular complexity index is 845. The summed E-state index contributed by atoms with van der Waals surface area (Å²) in [6.07, 6.45) is 2.78. The minimum Gasteiger partial charge on any atom is -0.548 e. The third kappa shape index (κ3) is 2.85. The Morgan fingerprint density at radius 3 is 2.67 bits per heavy atom. The summed E-state index contributed by atoms with van der Waals surface area (Å²) in [6.45, 7) is 0. The third-order valence-corrected chi connectivity index (χ3v) is 4.08. The molecule has 1 aliphatic rings. The number of carbonyl (C=O) groups is 3. The molecule has 8 heteroatoms. The quantitative estimate of drug-likeness (QED) is 0.795. The van der Waals surface area contributed by atoms with E-state index in [-0.39, 0.29) is 23.3 Å². The molecule has 1 aromatic heterocycles. The Labute approximate surface area is 141 Å². The number of carboxylic acids is 1. The summed E-state index contributed by atoms with van der Waals surface area (Å²) >= 11 is 6.05. The molecule has 0 spiro atoms. The van der Waals surface area contributed by atoms with Crippen molar-refractivity contribution >= 4 is 34.8 Å². The number of aromatic amines is 1. The minimum atomic E-state index is -1.47. The summed E-state index contributed by atoms with van der Waals surface area (Å²) in [6, 6.07) is 4.86. The van der Waals surface area contributed by atoms with Gasteiger partial charge in [-0.15, -0.1) is 11.6 Å². The van der Waals surface area contributed by atoms with Crippen LogP contribution in [0.15, 0.2) is 41.8 Å². The van der Waals surface area contributed by atoms with Crippen LogP contribution in [-0.2, 0) is 11.2 Å². The molecule has 0 aliphatic heterocycles. The van der Waals surface area contributed by atoms with Gasteiger partial charge in [0.25, 0.3) is 0 Å². The maximum atomic E-state index is 12.5. The van der Waals surface area contributed by atoms with Gasteiger partial charge in [0.15, 0.2) is 5.78 Å². The van der Waals surface area contributed by atoms with Crippen molar-refractivity contribution in [3.05, 3.63) is 53.6 Å². The van der Waals surface area contributed by atoms with Gasteiger partial charge in [0.2, 0.25) is 5.78 Å². The van der Waals surface area contributed by atoms with Crippen LogP contribution in [0.2, 0.25) is 0 Å². The van der Waals surface area contributed by atoms with Gasteiger partial charge in [0.05, 0.1) is 18.3 Å². The van der Waals surface area contributed by atoms with E-state index in [0.717, 1.165) is 0 Å². The van der Waals surface area contributed by atoms with Crippen LogP contribution in [0.1, 0.15) is 26.4 Å². The fraction of sp³-hybridized carbons (Fsp3) is 0.188. The van der Waals surface area contributed by atoms with Gasteiger partial charge in [0, 0.05) is 29.4 Å². The van der Waals surface area contributed by atoms with E-state index >= 15 is 0 Å². The molecule has 0 saturated carbocycles. The first-order valence-electron chi connectivity index (χ1n) is 7.07. The van der Waals surface area contributed by atoms with Gasteiger partial charge in [-0.1, -0.05) is 24.3 Å². The van der Waals surface area contributed by atoms with E-state index in [1.165, 1.54) is 24.7 Å². The fourth-order valence-electron chi connectivity index (χ4n) is 2.49. The molecule has 0 fully saturated rings. The fourth-order valence-corrected chi connectivity index (χ4v) is 2.76. The van der Waals surface area contributed by atoms with E-state index in [1.807, 2.05) is 0 Å². The number of H-pyrrole nitrogens is 1. The first-order valence-corrected chi connectivity index (χ1v) is 7.50. The molecule has 1 unspecified atom stereocenters. The van der Waals surface area contributed by atoms with Crippen LogP contribution < -0.4 is 5.11 Å². The number of aliphatic carboxylic acids is 1. The number of aliphatic imine (C=N–C) groups is 1. The monoisotopic (exact) mass is 344 g/mol. The molecule has 1 heterocycles. The lowest BCUT2D eigenvalue weighted by Gasteiger charge is -2.22. The highest BCUT2D eigenvalue weighted by Gasteiger charge is 2.37. The van der Waals surface area contributed by atoms with Gasteiger partial charge in [0.1, 0.15) is 11.1 Å². The maximum Gasteiger partial charge on any atom is 0.209 e. The van der Waals surface area contributed by atoms with Crippen molar-refractivity contribution in [2.45, 2.75) is 17.8 Å². The first kappa shape index (κ1) is 16.1. The number of benzene rings is 1. The second-order valence-corrected chi connectivity index (χ2v) is 5.67. The number of ketones is 2. The summed E-state index contributed by atoms with van der Waals surface area (Å²) in [5, 5.41) is 10.0. The van der Waals surface area contributed by atoms with Crippen molar-refractivity contribution in [3.63, 3.8) is 0 Å². The van der Waals surface area contributed by atoms with E-state index in [4.69, 9.17) is 11.6 Å². The van der Waals surface area contributed by atoms with Crippen molar-refractivity contribution in [1.82, 2.24) is 9.97 Å². The highest BCUT2D eigenvalue weighted by molar-refractivity contribution is 6.64. The number of carboxylic acid groups (broad SMARTS) is 1. The second kappa shape index (κ2) is 6.37. The number of carbonyl (C=O) groups excluding carboxylic acids is 3.